The van der Waals surface area contributed by atoms with Gasteiger partial charge in [0.15, 0.2) is 5.72 Å². The van der Waals surface area contributed by atoms with Gasteiger partial charge in [-0.15, -0.1) is 36.6 Å². The van der Waals surface area contributed by atoms with E-state index in [2.05, 4.69) is 4.98 Å². The van der Waals surface area contributed by atoms with Crippen LogP contribution in [0.1, 0.15) is 18.9 Å². The maximum Gasteiger partial charge on any atom is 0.224 e. The van der Waals surface area contributed by atoms with Crippen LogP contribution in [0, 0.1) is 0 Å². The molecule has 1 aliphatic heterocycles. The van der Waals surface area contributed by atoms with E-state index >= 15 is 0 Å². The highest BCUT2D eigenvalue weighted by molar-refractivity contribution is 8.00. The summed E-state index contributed by atoms with van der Waals surface area (Å²) in [5.41, 5.74) is 5.19. The number of amides is 1. The lowest BCUT2D eigenvalue weighted by atomic mass is 10.0. The van der Waals surface area contributed by atoms with Crippen molar-refractivity contribution in [1.82, 2.24) is 9.88 Å². The van der Waals surface area contributed by atoms with Gasteiger partial charge in [-0.3, -0.25) is 9.78 Å². The number of hydrogen-bond donors (Lipinski definition) is 2. The van der Waals surface area contributed by atoms with E-state index in [4.69, 9.17) is 5.73 Å². The van der Waals surface area contributed by atoms with E-state index < -0.39 is 11.1 Å². The molecular formula is C12H19Cl2N3O2S. The molecule has 1 aliphatic rings. The maximum absolute atomic E-state index is 12.0. The Morgan fingerprint density at radius 2 is 2.15 bits per heavy atom. The van der Waals surface area contributed by atoms with Crippen LogP contribution < -0.4 is 5.73 Å². The number of aromatic nitrogens is 1. The molecule has 1 amide bonds. The molecule has 0 radical (unpaired) electrons. The molecule has 0 saturated carbocycles. The minimum atomic E-state index is -1.45. The zero-order valence-corrected chi connectivity index (χ0v) is 13.5. The first-order chi connectivity index (χ1) is 8.60. The molecule has 114 valence electrons. The summed E-state index contributed by atoms with van der Waals surface area (Å²) in [5.74, 6) is 0.644. The number of thioether (sulfide) groups is 1. The Balaban J connectivity index is 0.00000180. The van der Waals surface area contributed by atoms with Crippen LogP contribution in [0.5, 0.6) is 0 Å². The van der Waals surface area contributed by atoms with Gasteiger partial charge < -0.3 is 15.7 Å². The minimum Gasteiger partial charge on any atom is -0.365 e. The van der Waals surface area contributed by atoms with Gasteiger partial charge >= 0.3 is 0 Å². The Hall–Kier alpha value is -0.530. The van der Waals surface area contributed by atoms with Gasteiger partial charge in [0.1, 0.15) is 5.37 Å². The molecule has 2 rings (SSSR count). The molecule has 8 heteroatoms. The molecule has 1 aromatic rings. The van der Waals surface area contributed by atoms with Crippen LogP contribution in [0.2, 0.25) is 0 Å². The van der Waals surface area contributed by atoms with Crippen LogP contribution in [0.3, 0.4) is 0 Å². The summed E-state index contributed by atoms with van der Waals surface area (Å²) in [7, 11) is 0. The molecule has 1 fully saturated rings. The van der Waals surface area contributed by atoms with E-state index in [0.717, 1.165) is 5.75 Å². The molecule has 2 unspecified atom stereocenters. The Kier molecular flexibility index (Phi) is 7.83. The monoisotopic (exact) mass is 339 g/mol. The van der Waals surface area contributed by atoms with Crippen molar-refractivity contribution in [3.63, 3.8) is 0 Å². The Morgan fingerprint density at radius 1 is 1.55 bits per heavy atom. The molecule has 0 bridgehead atoms. The predicted molar refractivity (Wildman–Crippen MR) is 85.1 cm³/mol. The van der Waals surface area contributed by atoms with Gasteiger partial charge in [-0.2, -0.15) is 0 Å². The summed E-state index contributed by atoms with van der Waals surface area (Å²) in [6.45, 7) is 2.28. The normalized spacial score (nSPS) is 25.4. The van der Waals surface area contributed by atoms with Crippen LogP contribution >= 0.6 is 36.6 Å². The highest BCUT2D eigenvalue weighted by Gasteiger charge is 2.47. The highest BCUT2D eigenvalue weighted by Crippen LogP contribution is 2.37. The molecule has 0 spiro atoms. The average molecular weight is 340 g/mol. The number of pyridine rings is 1. The van der Waals surface area contributed by atoms with E-state index in [9.17, 15) is 9.90 Å². The maximum atomic E-state index is 12.0. The highest BCUT2D eigenvalue weighted by atomic mass is 35.5. The van der Waals surface area contributed by atoms with Crippen LogP contribution in [0.4, 0.5) is 0 Å². The van der Waals surface area contributed by atoms with Crippen LogP contribution in [0.15, 0.2) is 24.5 Å². The lowest BCUT2D eigenvalue weighted by Crippen LogP contribution is -2.61. The smallest absolute Gasteiger partial charge is 0.224 e. The number of rotatable bonds is 2. The van der Waals surface area contributed by atoms with Gasteiger partial charge in [-0.05, 0) is 12.1 Å². The van der Waals surface area contributed by atoms with Gasteiger partial charge in [-0.25, -0.2) is 0 Å². The van der Waals surface area contributed by atoms with E-state index in [1.54, 1.807) is 31.5 Å². The number of hydrogen-bond acceptors (Lipinski definition) is 5. The van der Waals surface area contributed by atoms with E-state index in [1.165, 1.54) is 16.7 Å². The SMILES string of the molecule is CCC(=O)N1CCSC(N)C1(O)c1ccncc1.Cl.Cl. The zero-order valence-electron chi connectivity index (χ0n) is 11.1. The second-order valence-corrected chi connectivity index (χ2v) is 5.40. The third-order valence-corrected chi connectivity index (χ3v) is 4.24. The summed E-state index contributed by atoms with van der Waals surface area (Å²) in [6, 6.07) is 3.39. The van der Waals surface area contributed by atoms with Crippen molar-refractivity contribution < 1.29 is 9.90 Å². The number of carbonyl (C=O) groups is 1. The molecule has 20 heavy (non-hydrogen) atoms. The van der Waals surface area contributed by atoms with Crippen molar-refractivity contribution in [2.45, 2.75) is 24.4 Å². The van der Waals surface area contributed by atoms with Crippen LogP contribution in [-0.4, -0.2) is 38.6 Å². The minimum absolute atomic E-state index is 0. The Bertz CT molecular complexity index is 438. The Labute approximate surface area is 135 Å². The van der Waals surface area contributed by atoms with Gasteiger partial charge in [0.2, 0.25) is 5.91 Å². The third-order valence-electron chi connectivity index (χ3n) is 3.13. The lowest BCUT2D eigenvalue weighted by molar-refractivity contribution is -0.163. The van der Waals surface area contributed by atoms with Crippen molar-refractivity contribution >= 4 is 42.5 Å². The number of halogens is 2. The number of nitrogens with two attached hydrogens (primary N) is 1. The molecule has 3 N–H and O–H groups in total. The van der Waals surface area contributed by atoms with Crippen LogP contribution in [0.25, 0.3) is 0 Å². The summed E-state index contributed by atoms with van der Waals surface area (Å²) in [6.07, 6.45) is 3.53. The average Bonchev–Trinajstić information content (AvgIpc) is 2.42. The quantitative estimate of drug-likeness (QED) is 0.849. The predicted octanol–water partition coefficient (Wildman–Crippen LogP) is 1.34. The molecule has 5 nitrogen and oxygen atoms in total. The van der Waals surface area contributed by atoms with E-state index in [0.29, 0.717) is 18.5 Å². The summed E-state index contributed by atoms with van der Waals surface area (Å²) >= 11 is 1.46. The Morgan fingerprint density at radius 3 is 2.70 bits per heavy atom. The summed E-state index contributed by atoms with van der Waals surface area (Å²) < 4.78 is 0. The molecule has 2 heterocycles. The standard InChI is InChI=1S/C12H17N3O2S.2ClH/c1-2-10(16)15-7-8-18-11(13)12(15,17)9-3-5-14-6-4-9;;/h3-6,11,17H,2,7-8,13H2,1H3;2*1H. The van der Waals surface area contributed by atoms with Crippen molar-refractivity contribution in [2.24, 2.45) is 5.73 Å². The largest absolute Gasteiger partial charge is 0.365 e. The third kappa shape index (κ3) is 3.38. The van der Waals surface area contributed by atoms with Gasteiger partial charge in [-0.1, -0.05) is 6.92 Å². The fourth-order valence-electron chi connectivity index (χ4n) is 2.13. The lowest BCUT2D eigenvalue weighted by Gasteiger charge is -2.46. The van der Waals surface area contributed by atoms with Gasteiger partial charge in [0.05, 0.1) is 0 Å². The zero-order chi connectivity index (χ0) is 13.2. The number of carbonyl (C=O) groups excluding carboxylic acids is 1. The summed E-state index contributed by atoms with van der Waals surface area (Å²) in [4.78, 5) is 17.4. The topological polar surface area (TPSA) is 79.5 Å². The second kappa shape index (κ2) is 8.05. The van der Waals surface area contributed by atoms with Crippen molar-refractivity contribution in [3.8, 4) is 0 Å². The first kappa shape index (κ1) is 19.5. The van der Waals surface area contributed by atoms with Crippen molar-refractivity contribution in [2.75, 3.05) is 12.3 Å². The van der Waals surface area contributed by atoms with E-state index in [1.807, 2.05) is 0 Å². The van der Waals surface area contributed by atoms with E-state index in [-0.39, 0.29) is 30.7 Å². The fraction of sp³-hybridized carbons (Fsp3) is 0.500. The summed E-state index contributed by atoms with van der Waals surface area (Å²) in [5, 5.41) is 10.4. The second-order valence-electron chi connectivity index (χ2n) is 4.15. The molecule has 1 aromatic heterocycles. The molecule has 1 saturated heterocycles. The van der Waals surface area contributed by atoms with Gasteiger partial charge in [0.25, 0.3) is 0 Å². The van der Waals surface area contributed by atoms with Gasteiger partial charge in [0, 0.05) is 36.7 Å². The van der Waals surface area contributed by atoms with Crippen molar-refractivity contribution in [3.05, 3.63) is 30.1 Å². The first-order valence-electron chi connectivity index (χ1n) is 5.91. The first-order valence-corrected chi connectivity index (χ1v) is 6.96. The molecular weight excluding hydrogens is 321 g/mol. The van der Waals surface area contributed by atoms with Crippen molar-refractivity contribution in [1.29, 1.82) is 0 Å². The number of nitrogens with zero attached hydrogens (tertiary/aromatic N) is 2. The molecule has 0 aliphatic carbocycles. The fourth-order valence-corrected chi connectivity index (χ4v) is 3.17. The van der Waals surface area contributed by atoms with Crippen LogP contribution in [-0.2, 0) is 10.5 Å². The number of aliphatic hydroxyl groups is 1. The molecule has 2 atom stereocenters. The molecule has 0 aromatic carbocycles.